The van der Waals surface area contributed by atoms with Crippen LogP contribution in [0.25, 0.3) is 0 Å². The number of esters is 2. The van der Waals surface area contributed by atoms with Crippen molar-refractivity contribution in [1.29, 1.82) is 0 Å². The Morgan fingerprint density at radius 3 is 2.67 bits per heavy atom. The maximum Gasteiger partial charge on any atom is 0.346 e. The molecule has 0 amide bonds. The van der Waals surface area contributed by atoms with Gasteiger partial charge in [0.15, 0.2) is 11.5 Å². The third-order valence-electron chi connectivity index (χ3n) is 7.71. The van der Waals surface area contributed by atoms with Crippen molar-refractivity contribution in [3.05, 3.63) is 46.5 Å². The molecule has 192 valence electrons. The van der Waals surface area contributed by atoms with Gasteiger partial charge >= 0.3 is 11.9 Å². The summed E-state index contributed by atoms with van der Waals surface area (Å²) in [4.78, 5) is 26.2. The quantitative estimate of drug-likeness (QED) is 0.396. The van der Waals surface area contributed by atoms with Crippen LogP contribution in [0.4, 0.5) is 0 Å². The predicted octanol–water partition coefficient (Wildman–Crippen LogP) is 5.89. The largest absolute Gasteiger partial charge is 0.495 e. The van der Waals surface area contributed by atoms with E-state index in [-0.39, 0.29) is 41.5 Å². The van der Waals surface area contributed by atoms with E-state index in [1.807, 2.05) is 26.8 Å². The number of benzene rings is 2. The van der Waals surface area contributed by atoms with Crippen molar-refractivity contribution >= 4 is 11.9 Å². The molecule has 2 saturated carbocycles. The standard InChI is InChI=1S/C29H34O7/c1-15(2)9-22(30)20-7-8-23-25(27(20)33-4)29(32)34-14-19-10-16(3)11-24(26(19)35-23)36-28(31)21-13-17-5-6-18(21)12-17/h7-8,10-11,15,17-18,21-22,30H,5-6,9,12-14H2,1-4H3/t17?,18?,21?,22-/m0/s1. The summed E-state index contributed by atoms with van der Waals surface area (Å²) in [5, 5.41) is 10.8. The summed E-state index contributed by atoms with van der Waals surface area (Å²) in [6.07, 6.45) is 3.98. The van der Waals surface area contributed by atoms with Gasteiger partial charge < -0.3 is 24.1 Å². The predicted molar refractivity (Wildman–Crippen MR) is 132 cm³/mol. The Balaban J connectivity index is 1.51. The van der Waals surface area contributed by atoms with Crippen LogP contribution in [0.3, 0.4) is 0 Å². The van der Waals surface area contributed by atoms with Gasteiger partial charge in [-0.3, -0.25) is 4.79 Å². The molecule has 3 aliphatic rings. The molecule has 0 aromatic heterocycles. The zero-order chi connectivity index (χ0) is 25.6. The molecule has 1 N–H and O–H groups in total. The lowest BCUT2D eigenvalue weighted by Gasteiger charge is -2.25. The van der Waals surface area contributed by atoms with Crippen molar-refractivity contribution in [3.63, 3.8) is 0 Å². The molecule has 0 spiro atoms. The van der Waals surface area contributed by atoms with Crippen molar-refractivity contribution in [3.8, 4) is 23.0 Å². The van der Waals surface area contributed by atoms with Crippen LogP contribution in [0, 0.1) is 30.6 Å². The SMILES string of the molecule is COc1c([C@@H](O)CC(C)C)ccc2c1C(=O)OCc1cc(C)cc(OC(=O)C3CC4CCC3C4)c1O2. The number of methoxy groups -OCH3 is 1. The number of aliphatic hydroxyl groups excluding tert-OH is 1. The van der Waals surface area contributed by atoms with Crippen LogP contribution in [0.15, 0.2) is 24.3 Å². The molecule has 3 unspecified atom stereocenters. The van der Waals surface area contributed by atoms with E-state index in [2.05, 4.69) is 0 Å². The summed E-state index contributed by atoms with van der Waals surface area (Å²) < 4.78 is 23.5. The van der Waals surface area contributed by atoms with E-state index in [9.17, 15) is 14.7 Å². The molecular weight excluding hydrogens is 460 g/mol. The number of aliphatic hydroxyl groups is 1. The number of ether oxygens (including phenoxy) is 4. The molecule has 4 atom stereocenters. The Morgan fingerprint density at radius 1 is 1.19 bits per heavy atom. The van der Waals surface area contributed by atoms with Crippen LogP contribution < -0.4 is 14.2 Å². The molecule has 2 bridgehead atoms. The smallest absolute Gasteiger partial charge is 0.346 e. The molecule has 0 radical (unpaired) electrons. The van der Waals surface area contributed by atoms with E-state index in [0.717, 1.165) is 24.8 Å². The van der Waals surface area contributed by atoms with Crippen molar-refractivity contribution in [1.82, 2.24) is 0 Å². The number of rotatable bonds is 6. The zero-order valence-electron chi connectivity index (χ0n) is 21.3. The second kappa shape index (κ2) is 9.77. The maximum atomic E-state index is 13.2. The summed E-state index contributed by atoms with van der Waals surface area (Å²) in [5.74, 6) is 1.49. The molecule has 1 aliphatic heterocycles. The fourth-order valence-corrected chi connectivity index (χ4v) is 6.07. The minimum Gasteiger partial charge on any atom is -0.495 e. The van der Waals surface area contributed by atoms with Gasteiger partial charge in [0.1, 0.15) is 23.7 Å². The molecule has 1 heterocycles. The Kier molecular flexibility index (Phi) is 6.68. The van der Waals surface area contributed by atoms with Crippen molar-refractivity contribution in [2.75, 3.05) is 7.11 Å². The van der Waals surface area contributed by atoms with Gasteiger partial charge in [-0.25, -0.2) is 4.79 Å². The topological polar surface area (TPSA) is 91.3 Å². The number of hydrogen-bond acceptors (Lipinski definition) is 7. The van der Waals surface area contributed by atoms with E-state index in [1.165, 1.54) is 13.5 Å². The fraction of sp³-hybridized carbons (Fsp3) is 0.517. The highest BCUT2D eigenvalue weighted by Crippen LogP contribution is 2.50. The van der Waals surface area contributed by atoms with Crippen molar-refractivity contribution in [2.24, 2.45) is 23.7 Å². The van der Waals surface area contributed by atoms with E-state index >= 15 is 0 Å². The Labute approximate surface area is 211 Å². The van der Waals surface area contributed by atoms with Gasteiger partial charge in [0, 0.05) is 11.1 Å². The first-order chi connectivity index (χ1) is 17.2. The third-order valence-corrected chi connectivity index (χ3v) is 7.71. The van der Waals surface area contributed by atoms with E-state index in [0.29, 0.717) is 40.9 Å². The van der Waals surface area contributed by atoms with Crippen molar-refractivity contribution in [2.45, 2.75) is 65.6 Å². The van der Waals surface area contributed by atoms with Crippen LogP contribution in [-0.2, 0) is 16.1 Å². The molecule has 0 saturated heterocycles. The molecule has 7 nitrogen and oxygen atoms in total. The highest BCUT2D eigenvalue weighted by molar-refractivity contribution is 5.96. The lowest BCUT2D eigenvalue weighted by molar-refractivity contribution is -0.140. The highest BCUT2D eigenvalue weighted by Gasteiger charge is 2.44. The van der Waals surface area contributed by atoms with Gasteiger partial charge in [-0.05, 0) is 80.2 Å². The Hall–Kier alpha value is -3.06. The summed E-state index contributed by atoms with van der Waals surface area (Å²) >= 11 is 0. The second-order valence-corrected chi connectivity index (χ2v) is 10.8. The van der Waals surface area contributed by atoms with E-state index < -0.39 is 12.1 Å². The average molecular weight is 495 g/mol. The van der Waals surface area contributed by atoms with Gasteiger partial charge in [0.05, 0.1) is 19.1 Å². The minimum absolute atomic E-state index is 0.0457. The minimum atomic E-state index is -0.809. The Morgan fingerprint density at radius 2 is 2.00 bits per heavy atom. The first-order valence-corrected chi connectivity index (χ1v) is 12.8. The van der Waals surface area contributed by atoms with Crippen LogP contribution in [0.5, 0.6) is 23.0 Å². The van der Waals surface area contributed by atoms with Crippen LogP contribution in [-0.4, -0.2) is 24.2 Å². The summed E-state index contributed by atoms with van der Waals surface area (Å²) in [5.41, 5.74) is 2.09. The third kappa shape index (κ3) is 4.57. The second-order valence-electron chi connectivity index (χ2n) is 10.8. The van der Waals surface area contributed by atoms with Gasteiger partial charge in [-0.15, -0.1) is 0 Å². The summed E-state index contributed by atoms with van der Waals surface area (Å²) in [6, 6.07) is 6.98. The fourth-order valence-electron chi connectivity index (χ4n) is 6.07. The number of cyclic esters (lactones) is 1. The molecule has 2 aliphatic carbocycles. The molecule has 2 aromatic carbocycles. The number of hydrogen-bond donors (Lipinski definition) is 1. The number of fused-ring (bicyclic) bond motifs is 4. The number of carbonyl (C=O) groups excluding carboxylic acids is 2. The Bertz CT molecular complexity index is 1180. The van der Waals surface area contributed by atoms with Gasteiger partial charge in [-0.1, -0.05) is 20.3 Å². The lowest BCUT2D eigenvalue weighted by Crippen LogP contribution is -2.25. The van der Waals surface area contributed by atoms with E-state index in [1.54, 1.807) is 18.2 Å². The van der Waals surface area contributed by atoms with Crippen LogP contribution >= 0.6 is 0 Å². The monoisotopic (exact) mass is 494 g/mol. The van der Waals surface area contributed by atoms with Gasteiger partial charge in [0.25, 0.3) is 0 Å². The molecular formula is C29H34O7. The first kappa shape index (κ1) is 24.6. The summed E-state index contributed by atoms with van der Waals surface area (Å²) in [7, 11) is 1.45. The molecule has 5 rings (SSSR count). The maximum absolute atomic E-state index is 13.2. The van der Waals surface area contributed by atoms with E-state index in [4.69, 9.17) is 18.9 Å². The molecule has 2 aromatic rings. The number of aryl methyl sites for hydroxylation is 1. The highest BCUT2D eigenvalue weighted by atomic mass is 16.6. The molecule has 2 fully saturated rings. The molecule has 36 heavy (non-hydrogen) atoms. The normalized spacial score (nSPS) is 23.2. The zero-order valence-corrected chi connectivity index (χ0v) is 21.3. The van der Waals surface area contributed by atoms with Crippen LogP contribution in [0.1, 0.15) is 79.1 Å². The lowest BCUT2D eigenvalue weighted by atomic mass is 9.89. The molecule has 7 heteroatoms. The average Bonchev–Trinajstić information content (AvgIpc) is 3.46. The van der Waals surface area contributed by atoms with Crippen molar-refractivity contribution < 1.29 is 33.6 Å². The summed E-state index contributed by atoms with van der Waals surface area (Å²) in [6.45, 7) is 5.88. The van der Waals surface area contributed by atoms with Crippen LogP contribution in [0.2, 0.25) is 0 Å². The number of carbonyl (C=O) groups is 2. The van der Waals surface area contributed by atoms with Gasteiger partial charge in [-0.2, -0.15) is 0 Å². The van der Waals surface area contributed by atoms with Gasteiger partial charge in [0.2, 0.25) is 0 Å². The first-order valence-electron chi connectivity index (χ1n) is 12.8.